The summed E-state index contributed by atoms with van der Waals surface area (Å²) in [6, 6.07) is 11.6. The van der Waals surface area contributed by atoms with Crippen LogP contribution < -0.4 is 5.32 Å². The maximum atomic E-state index is 11.4. The molecule has 0 aliphatic carbocycles. The van der Waals surface area contributed by atoms with Gasteiger partial charge in [0, 0.05) is 0 Å². The lowest BCUT2D eigenvalue weighted by molar-refractivity contribution is -0.135. The molecule has 5 heteroatoms. The van der Waals surface area contributed by atoms with Crippen LogP contribution in [0.15, 0.2) is 47.9 Å². The molecule has 1 atom stereocenters. The fourth-order valence-electron chi connectivity index (χ4n) is 1.76. The van der Waals surface area contributed by atoms with Crippen molar-refractivity contribution >= 4 is 12.0 Å². The number of carbonyl (C=O) groups excluding carboxylic acids is 1. The summed E-state index contributed by atoms with van der Waals surface area (Å²) in [4.78, 5) is 11.4. The molecule has 0 radical (unpaired) electrons. The Balaban J connectivity index is 2.06. The van der Waals surface area contributed by atoms with E-state index in [4.69, 9.17) is 10.00 Å². The first-order valence-corrected chi connectivity index (χ1v) is 6.11. The van der Waals surface area contributed by atoms with Crippen molar-refractivity contribution in [3.8, 4) is 6.07 Å². The Morgan fingerprint density at radius 1 is 1.50 bits per heavy atom. The Bertz CT molecular complexity index is 585. The van der Waals surface area contributed by atoms with Gasteiger partial charge in [-0.1, -0.05) is 36.4 Å². The number of hydrogen-bond donors (Lipinski definition) is 1. The van der Waals surface area contributed by atoms with E-state index in [-0.39, 0.29) is 17.6 Å². The van der Waals surface area contributed by atoms with Gasteiger partial charge in [-0.3, -0.25) is 0 Å². The van der Waals surface area contributed by atoms with Gasteiger partial charge in [0.1, 0.15) is 12.2 Å². The van der Waals surface area contributed by atoms with Gasteiger partial charge in [-0.2, -0.15) is 5.26 Å². The van der Waals surface area contributed by atoms with E-state index < -0.39 is 5.97 Å². The number of nitrogens with one attached hydrogen (secondary N) is 1. The number of nitriles is 1. The van der Waals surface area contributed by atoms with Crippen LogP contribution in [0, 0.1) is 11.3 Å². The van der Waals surface area contributed by atoms with Crippen LogP contribution in [0.5, 0.6) is 0 Å². The van der Waals surface area contributed by atoms with Crippen LogP contribution in [0.1, 0.15) is 5.56 Å². The lowest BCUT2D eigenvalue weighted by Gasteiger charge is -2.04. The number of carbonyl (C=O) groups is 1. The van der Waals surface area contributed by atoms with Crippen LogP contribution in [0.25, 0.3) is 6.08 Å². The second-order valence-electron chi connectivity index (χ2n) is 4.11. The highest BCUT2D eigenvalue weighted by Crippen LogP contribution is 2.15. The lowest BCUT2D eigenvalue weighted by Crippen LogP contribution is -2.14. The van der Waals surface area contributed by atoms with Gasteiger partial charge in [-0.05, 0) is 11.6 Å². The minimum atomic E-state index is -0.706. The fourth-order valence-corrected chi connectivity index (χ4v) is 1.76. The predicted molar refractivity (Wildman–Crippen MR) is 73.0 cm³/mol. The molecule has 1 fully saturated rings. The molecule has 102 valence electrons. The normalized spacial score (nSPS) is 19.9. The molecule has 0 amide bonds. The number of nitrogens with zero attached hydrogens (tertiary/aromatic N) is 1. The maximum Gasteiger partial charge on any atom is 0.354 e. The summed E-state index contributed by atoms with van der Waals surface area (Å²) in [6.07, 6.45) is 3.58. The lowest BCUT2D eigenvalue weighted by atomic mass is 10.2. The van der Waals surface area contributed by atoms with E-state index in [0.717, 1.165) is 5.56 Å². The van der Waals surface area contributed by atoms with Crippen molar-refractivity contribution in [2.45, 2.75) is 6.10 Å². The molecule has 1 saturated heterocycles. The molecule has 0 aromatic heterocycles. The molecule has 1 aromatic carbocycles. The number of benzene rings is 1. The summed E-state index contributed by atoms with van der Waals surface area (Å²) >= 11 is 0. The summed E-state index contributed by atoms with van der Waals surface area (Å²) < 4.78 is 10.0. The Kier molecular flexibility index (Phi) is 4.40. The molecule has 1 aliphatic rings. The standard InChI is InChI=1S/C15H14N2O3/c1-19-15(18)13(9-16)14-17-10-12(20-14)8-7-11-5-3-2-4-6-11/h2-8,12,17H,10H2,1H3/b8-7+,14-13-. The second-order valence-corrected chi connectivity index (χ2v) is 4.11. The highest BCUT2D eigenvalue weighted by atomic mass is 16.5. The number of hydrogen-bond acceptors (Lipinski definition) is 5. The predicted octanol–water partition coefficient (Wildman–Crippen LogP) is 1.60. The first-order valence-electron chi connectivity index (χ1n) is 6.11. The summed E-state index contributed by atoms with van der Waals surface area (Å²) in [5.74, 6) is -0.537. The summed E-state index contributed by atoms with van der Waals surface area (Å²) in [5.41, 5.74) is 0.908. The second kappa shape index (κ2) is 6.43. The molecule has 20 heavy (non-hydrogen) atoms. The van der Waals surface area contributed by atoms with Crippen LogP contribution in [-0.4, -0.2) is 25.7 Å². The van der Waals surface area contributed by atoms with Crippen molar-refractivity contribution in [1.29, 1.82) is 5.26 Å². The van der Waals surface area contributed by atoms with Crippen LogP contribution in [0.3, 0.4) is 0 Å². The van der Waals surface area contributed by atoms with Gasteiger partial charge >= 0.3 is 5.97 Å². The number of ether oxygens (including phenoxy) is 2. The SMILES string of the molecule is COC(=O)/C(C#N)=C1/NCC(/C=C/c2ccccc2)O1. The molecule has 0 saturated carbocycles. The first-order chi connectivity index (χ1) is 9.74. The summed E-state index contributed by atoms with van der Waals surface area (Å²) in [5, 5.41) is 11.8. The monoisotopic (exact) mass is 270 g/mol. The van der Waals surface area contributed by atoms with Gasteiger partial charge in [-0.15, -0.1) is 0 Å². The van der Waals surface area contributed by atoms with Crippen LogP contribution in [0.2, 0.25) is 0 Å². The summed E-state index contributed by atoms with van der Waals surface area (Å²) in [6.45, 7) is 0.501. The molecule has 0 bridgehead atoms. The first kappa shape index (κ1) is 13.7. The summed E-state index contributed by atoms with van der Waals surface area (Å²) in [7, 11) is 1.22. The van der Waals surface area contributed by atoms with E-state index in [0.29, 0.717) is 6.54 Å². The van der Waals surface area contributed by atoms with Crippen molar-refractivity contribution in [3.05, 3.63) is 53.4 Å². The van der Waals surface area contributed by atoms with Crippen LogP contribution in [-0.2, 0) is 14.3 Å². The Hall–Kier alpha value is -2.74. The number of esters is 1. The topological polar surface area (TPSA) is 71.4 Å². The highest BCUT2D eigenvalue weighted by molar-refractivity contribution is 5.93. The molecule has 1 aliphatic heterocycles. The molecule has 0 spiro atoms. The Labute approximate surface area is 117 Å². The van der Waals surface area contributed by atoms with Crippen molar-refractivity contribution in [2.75, 3.05) is 13.7 Å². The Morgan fingerprint density at radius 2 is 2.25 bits per heavy atom. The molecular weight excluding hydrogens is 256 g/mol. The molecule has 1 heterocycles. The zero-order chi connectivity index (χ0) is 14.4. The Morgan fingerprint density at radius 3 is 2.90 bits per heavy atom. The van der Waals surface area contributed by atoms with E-state index in [2.05, 4.69) is 10.1 Å². The van der Waals surface area contributed by atoms with Crippen molar-refractivity contribution < 1.29 is 14.3 Å². The van der Waals surface area contributed by atoms with Gasteiger partial charge in [0.05, 0.1) is 13.7 Å². The minimum Gasteiger partial charge on any atom is -0.469 e. The van der Waals surface area contributed by atoms with E-state index in [1.807, 2.05) is 42.5 Å². The average Bonchev–Trinajstić information content (AvgIpc) is 2.95. The minimum absolute atomic E-state index is 0.150. The largest absolute Gasteiger partial charge is 0.469 e. The van der Waals surface area contributed by atoms with E-state index in [1.165, 1.54) is 7.11 Å². The molecular formula is C15H14N2O3. The third-order valence-electron chi connectivity index (χ3n) is 2.76. The highest BCUT2D eigenvalue weighted by Gasteiger charge is 2.25. The van der Waals surface area contributed by atoms with Gasteiger partial charge in [-0.25, -0.2) is 4.79 Å². The fraction of sp³-hybridized carbons (Fsp3) is 0.200. The van der Waals surface area contributed by atoms with E-state index in [9.17, 15) is 4.79 Å². The molecule has 1 aromatic rings. The van der Waals surface area contributed by atoms with Crippen molar-refractivity contribution in [1.82, 2.24) is 5.32 Å². The van der Waals surface area contributed by atoms with Gasteiger partial charge in [0.15, 0.2) is 5.57 Å². The zero-order valence-corrected chi connectivity index (χ0v) is 11.0. The van der Waals surface area contributed by atoms with Crippen LogP contribution in [0.4, 0.5) is 0 Å². The van der Waals surface area contributed by atoms with Gasteiger partial charge in [0.25, 0.3) is 0 Å². The molecule has 2 rings (SSSR count). The zero-order valence-electron chi connectivity index (χ0n) is 11.0. The average molecular weight is 270 g/mol. The molecule has 5 nitrogen and oxygen atoms in total. The van der Waals surface area contributed by atoms with Gasteiger partial charge < -0.3 is 14.8 Å². The molecule has 1 unspecified atom stereocenters. The number of rotatable bonds is 3. The van der Waals surface area contributed by atoms with Crippen molar-refractivity contribution in [3.63, 3.8) is 0 Å². The number of methoxy groups -OCH3 is 1. The van der Waals surface area contributed by atoms with E-state index >= 15 is 0 Å². The molecule has 1 N–H and O–H groups in total. The third kappa shape index (κ3) is 3.18. The van der Waals surface area contributed by atoms with Gasteiger partial charge in [0.2, 0.25) is 5.88 Å². The van der Waals surface area contributed by atoms with Crippen molar-refractivity contribution in [2.24, 2.45) is 0 Å². The van der Waals surface area contributed by atoms with Crippen LogP contribution >= 0.6 is 0 Å². The maximum absolute atomic E-state index is 11.4. The smallest absolute Gasteiger partial charge is 0.354 e. The quantitative estimate of drug-likeness (QED) is 0.513. The third-order valence-corrected chi connectivity index (χ3v) is 2.76. The van der Waals surface area contributed by atoms with E-state index in [1.54, 1.807) is 6.07 Å².